The molecule has 0 aromatic carbocycles. The Kier molecular flexibility index (Phi) is 5.40. The van der Waals surface area contributed by atoms with Crippen LogP contribution < -0.4 is 5.32 Å². The lowest BCUT2D eigenvalue weighted by Crippen LogP contribution is -2.37. The number of amides is 2. The largest absolute Gasteiger partial charge is 0.478 e. The number of carbonyl (C=O) groups is 3. The van der Waals surface area contributed by atoms with E-state index in [1.165, 1.54) is 43.5 Å². The Morgan fingerprint density at radius 3 is 2.75 bits per heavy atom. The molecule has 0 aliphatic rings. The standard InChI is InChI=1S/C13H15N3O4/c1-14-11(17)8-16(2)13(20)10-5-6-15-7-9(10)3-4-12(18)19/h3-7H,8H2,1-2H3,(H,14,17)(H,18,19). The summed E-state index contributed by atoms with van der Waals surface area (Å²) >= 11 is 0. The zero-order valence-corrected chi connectivity index (χ0v) is 11.2. The van der Waals surface area contributed by atoms with E-state index in [1.807, 2.05) is 0 Å². The van der Waals surface area contributed by atoms with Gasteiger partial charge in [0.15, 0.2) is 0 Å². The molecule has 0 radical (unpaired) electrons. The molecule has 1 rings (SSSR count). The highest BCUT2D eigenvalue weighted by molar-refractivity contribution is 6.00. The van der Waals surface area contributed by atoms with E-state index in [4.69, 9.17) is 5.11 Å². The molecule has 0 atom stereocenters. The first-order valence-electron chi connectivity index (χ1n) is 5.76. The van der Waals surface area contributed by atoms with Crippen molar-refractivity contribution in [3.8, 4) is 0 Å². The molecule has 20 heavy (non-hydrogen) atoms. The lowest BCUT2D eigenvalue weighted by Gasteiger charge is -2.17. The Bertz CT molecular complexity index is 554. The van der Waals surface area contributed by atoms with Crippen LogP contribution >= 0.6 is 0 Å². The molecule has 0 saturated heterocycles. The first kappa shape index (κ1) is 15.4. The Labute approximate surface area is 115 Å². The average Bonchev–Trinajstić information content (AvgIpc) is 2.44. The van der Waals surface area contributed by atoms with Crippen LogP contribution in [-0.2, 0) is 9.59 Å². The van der Waals surface area contributed by atoms with Crippen LogP contribution in [0.2, 0.25) is 0 Å². The molecule has 2 N–H and O–H groups in total. The van der Waals surface area contributed by atoms with Gasteiger partial charge in [-0.25, -0.2) is 4.79 Å². The molecule has 1 aromatic rings. The second-order valence-corrected chi connectivity index (χ2v) is 3.97. The molecule has 7 nitrogen and oxygen atoms in total. The van der Waals surface area contributed by atoms with Crippen LogP contribution in [0.4, 0.5) is 0 Å². The molecule has 106 valence electrons. The van der Waals surface area contributed by atoms with Gasteiger partial charge in [0.25, 0.3) is 5.91 Å². The third kappa shape index (κ3) is 4.20. The summed E-state index contributed by atoms with van der Waals surface area (Å²) < 4.78 is 0. The van der Waals surface area contributed by atoms with E-state index in [0.717, 1.165) is 6.08 Å². The smallest absolute Gasteiger partial charge is 0.328 e. The summed E-state index contributed by atoms with van der Waals surface area (Å²) in [5.41, 5.74) is 0.660. The zero-order valence-electron chi connectivity index (χ0n) is 11.2. The maximum atomic E-state index is 12.2. The molecule has 7 heteroatoms. The number of carbonyl (C=O) groups excluding carboxylic acids is 2. The van der Waals surface area contributed by atoms with Crippen molar-refractivity contribution < 1.29 is 19.5 Å². The van der Waals surface area contributed by atoms with Crippen LogP contribution in [0.3, 0.4) is 0 Å². The Balaban J connectivity index is 2.98. The van der Waals surface area contributed by atoms with Crippen LogP contribution in [-0.4, -0.2) is 53.4 Å². The summed E-state index contributed by atoms with van der Waals surface area (Å²) in [6.45, 7) is -0.0836. The first-order valence-corrected chi connectivity index (χ1v) is 5.76. The predicted octanol–water partition coefficient (Wildman–Crippen LogP) is -0.00260. The highest BCUT2D eigenvalue weighted by Crippen LogP contribution is 2.11. The normalized spacial score (nSPS) is 10.3. The van der Waals surface area contributed by atoms with Crippen molar-refractivity contribution in [2.45, 2.75) is 0 Å². The second-order valence-electron chi connectivity index (χ2n) is 3.97. The number of aromatic nitrogens is 1. The summed E-state index contributed by atoms with van der Waals surface area (Å²) in [6, 6.07) is 1.48. The predicted molar refractivity (Wildman–Crippen MR) is 71.9 cm³/mol. The summed E-state index contributed by atoms with van der Waals surface area (Å²) in [6.07, 6.45) is 5.03. The van der Waals surface area contributed by atoms with E-state index in [9.17, 15) is 14.4 Å². The van der Waals surface area contributed by atoms with E-state index in [2.05, 4.69) is 10.3 Å². The van der Waals surface area contributed by atoms with Gasteiger partial charge < -0.3 is 15.3 Å². The minimum Gasteiger partial charge on any atom is -0.478 e. The molecule has 0 aliphatic carbocycles. The van der Waals surface area contributed by atoms with Crippen LogP contribution in [0.25, 0.3) is 6.08 Å². The number of nitrogens with one attached hydrogen (secondary N) is 1. The molecule has 1 aromatic heterocycles. The van der Waals surface area contributed by atoms with Crippen molar-refractivity contribution in [3.63, 3.8) is 0 Å². The Hall–Kier alpha value is -2.70. The van der Waals surface area contributed by atoms with Crippen LogP contribution in [0.1, 0.15) is 15.9 Å². The van der Waals surface area contributed by atoms with Crippen molar-refractivity contribution in [1.82, 2.24) is 15.2 Å². The number of likely N-dealkylation sites (N-methyl/N-ethyl adjacent to an activating group) is 2. The fraction of sp³-hybridized carbons (Fsp3) is 0.231. The first-order chi connectivity index (χ1) is 9.45. The summed E-state index contributed by atoms with van der Waals surface area (Å²) in [7, 11) is 2.97. The van der Waals surface area contributed by atoms with Crippen molar-refractivity contribution in [3.05, 3.63) is 35.7 Å². The molecular weight excluding hydrogens is 262 g/mol. The van der Waals surface area contributed by atoms with Gasteiger partial charge in [0.1, 0.15) is 0 Å². The third-order valence-electron chi connectivity index (χ3n) is 2.49. The number of carboxylic acid groups (broad SMARTS) is 1. The van der Waals surface area contributed by atoms with Gasteiger partial charge in [0.2, 0.25) is 5.91 Å². The van der Waals surface area contributed by atoms with E-state index in [0.29, 0.717) is 5.56 Å². The van der Waals surface area contributed by atoms with E-state index in [-0.39, 0.29) is 23.9 Å². The number of hydrogen-bond acceptors (Lipinski definition) is 4. The van der Waals surface area contributed by atoms with E-state index in [1.54, 1.807) is 0 Å². The van der Waals surface area contributed by atoms with Gasteiger partial charge in [-0.2, -0.15) is 0 Å². The number of aliphatic carboxylic acids is 1. The number of rotatable bonds is 5. The zero-order chi connectivity index (χ0) is 15.1. The highest BCUT2D eigenvalue weighted by atomic mass is 16.4. The molecule has 0 unspecified atom stereocenters. The highest BCUT2D eigenvalue weighted by Gasteiger charge is 2.16. The molecule has 0 fully saturated rings. The molecule has 0 spiro atoms. The van der Waals surface area contributed by atoms with E-state index < -0.39 is 5.97 Å². The van der Waals surface area contributed by atoms with Gasteiger partial charge in [-0.3, -0.25) is 14.6 Å². The molecule has 0 aliphatic heterocycles. The fourth-order valence-corrected chi connectivity index (χ4v) is 1.47. The van der Waals surface area contributed by atoms with Crippen LogP contribution in [0.5, 0.6) is 0 Å². The second kappa shape index (κ2) is 7.03. The maximum Gasteiger partial charge on any atom is 0.328 e. The van der Waals surface area contributed by atoms with Crippen molar-refractivity contribution in [1.29, 1.82) is 0 Å². The monoisotopic (exact) mass is 277 g/mol. The summed E-state index contributed by atoms with van der Waals surface area (Å²) in [4.78, 5) is 39.1. The molecule has 0 saturated carbocycles. The molecule has 2 amide bonds. The SMILES string of the molecule is CNC(=O)CN(C)C(=O)c1ccncc1C=CC(=O)O. The molecule has 0 bridgehead atoms. The summed E-state index contributed by atoms with van der Waals surface area (Å²) in [5, 5.41) is 11.0. The molecular formula is C13H15N3O4. The average molecular weight is 277 g/mol. The Morgan fingerprint density at radius 2 is 2.15 bits per heavy atom. The topological polar surface area (TPSA) is 99.6 Å². The molecule has 1 heterocycles. The quantitative estimate of drug-likeness (QED) is 0.738. The van der Waals surface area contributed by atoms with Crippen molar-refractivity contribution in [2.75, 3.05) is 20.6 Å². The number of hydrogen-bond donors (Lipinski definition) is 2. The number of carboxylic acids is 1. The van der Waals surface area contributed by atoms with E-state index >= 15 is 0 Å². The van der Waals surface area contributed by atoms with Gasteiger partial charge in [-0.15, -0.1) is 0 Å². The van der Waals surface area contributed by atoms with Gasteiger partial charge in [0, 0.05) is 43.7 Å². The van der Waals surface area contributed by atoms with Crippen molar-refractivity contribution >= 4 is 23.9 Å². The van der Waals surface area contributed by atoms with Crippen LogP contribution in [0, 0.1) is 0 Å². The van der Waals surface area contributed by atoms with Gasteiger partial charge in [-0.05, 0) is 12.1 Å². The number of nitrogens with zero attached hydrogens (tertiary/aromatic N) is 2. The third-order valence-corrected chi connectivity index (χ3v) is 2.49. The number of pyridine rings is 1. The van der Waals surface area contributed by atoms with Crippen molar-refractivity contribution in [2.24, 2.45) is 0 Å². The summed E-state index contributed by atoms with van der Waals surface area (Å²) in [5.74, 6) is -1.80. The lowest BCUT2D eigenvalue weighted by molar-refractivity contribution is -0.131. The fourth-order valence-electron chi connectivity index (χ4n) is 1.47. The van der Waals surface area contributed by atoms with Gasteiger partial charge in [-0.1, -0.05) is 0 Å². The minimum absolute atomic E-state index is 0.0836. The van der Waals surface area contributed by atoms with Gasteiger partial charge >= 0.3 is 5.97 Å². The Morgan fingerprint density at radius 1 is 1.45 bits per heavy atom. The lowest BCUT2D eigenvalue weighted by atomic mass is 10.1. The van der Waals surface area contributed by atoms with Crippen LogP contribution in [0.15, 0.2) is 24.5 Å². The maximum absolute atomic E-state index is 12.2. The van der Waals surface area contributed by atoms with Gasteiger partial charge in [0.05, 0.1) is 6.54 Å². The minimum atomic E-state index is -1.12.